The number of aliphatic hydroxyl groups is 1. The molecule has 0 saturated carbocycles. The predicted molar refractivity (Wildman–Crippen MR) is 60.1 cm³/mol. The molecule has 0 spiro atoms. The molecule has 1 rings (SSSR count). The largest absolute Gasteiger partial charge is 0.395 e. The van der Waals surface area contributed by atoms with Crippen molar-refractivity contribution < 1.29 is 5.11 Å². The third-order valence-electron chi connectivity index (χ3n) is 1.81. The van der Waals surface area contributed by atoms with Gasteiger partial charge in [-0.1, -0.05) is 0 Å². The van der Waals surface area contributed by atoms with Crippen molar-refractivity contribution in [2.75, 3.05) is 6.61 Å². The molecule has 1 aromatic rings. The fourth-order valence-electron chi connectivity index (χ4n) is 0.950. The Morgan fingerprint density at radius 3 is 2.85 bits per heavy atom. The van der Waals surface area contributed by atoms with E-state index in [1.807, 2.05) is 6.92 Å². The summed E-state index contributed by atoms with van der Waals surface area (Å²) in [5, 5.41) is 12.0. The maximum Gasteiger partial charge on any atom is 0.0730 e. The first-order valence-corrected chi connectivity index (χ1v) is 5.83. The lowest BCUT2D eigenvalue weighted by molar-refractivity contribution is 0.251. The number of halogens is 1. The smallest absolute Gasteiger partial charge is 0.0730 e. The van der Waals surface area contributed by atoms with Gasteiger partial charge in [-0.2, -0.15) is 0 Å². The molecule has 74 valence electrons. The minimum Gasteiger partial charge on any atom is -0.395 e. The molecule has 0 aliphatic carbocycles. The van der Waals surface area contributed by atoms with Crippen LogP contribution < -0.4 is 5.32 Å². The molecular formula is C9H14BrNOS. The highest BCUT2D eigenvalue weighted by Crippen LogP contribution is 2.27. The van der Waals surface area contributed by atoms with E-state index in [0.717, 1.165) is 6.54 Å². The quantitative estimate of drug-likeness (QED) is 0.874. The van der Waals surface area contributed by atoms with Crippen LogP contribution in [0.3, 0.4) is 0 Å². The van der Waals surface area contributed by atoms with Crippen molar-refractivity contribution in [2.45, 2.75) is 26.4 Å². The zero-order valence-electron chi connectivity index (χ0n) is 7.80. The Morgan fingerprint density at radius 2 is 2.38 bits per heavy atom. The van der Waals surface area contributed by atoms with Crippen LogP contribution in [0.15, 0.2) is 9.85 Å². The summed E-state index contributed by atoms with van der Waals surface area (Å²) in [5.74, 6) is 0. The van der Waals surface area contributed by atoms with E-state index in [2.05, 4.69) is 34.2 Å². The lowest BCUT2D eigenvalue weighted by Crippen LogP contribution is -2.28. The van der Waals surface area contributed by atoms with Gasteiger partial charge < -0.3 is 10.4 Å². The average molecular weight is 264 g/mol. The molecule has 1 heterocycles. The van der Waals surface area contributed by atoms with Gasteiger partial charge >= 0.3 is 0 Å². The van der Waals surface area contributed by atoms with Crippen molar-refractivity contribution in [3.05, 3.63) is 20.3 Å². The van der Waals surface area contributed by atoms with Crippen LogP contribution in [-0.4, -0.2) is 17.8 Å². The summed E-state index contributed by atoms with van der Waals surface area (Å²) in [4.78, 5) is 1.30. The van der Waals surface area contributed by atoms with Crippen molar-refractivity contribution in [3.63, 3.8) is 0 Å². The fourth-order valence-corrected chi connectivity index (χ4v) is 2.53. The minimum atomic E-state index is 0.168. The molecule has 4 heteroatoms. The summed E-state index contributed by atoms with van der Waals surface area (Å²) >= 11 is 5.22. The van der Waals surface area contributed by atoms with Gasteiger partial charge in [0.15, 0.2) is 0 Å². The van der Waals surface area contributed by atoms with Gasteiger partial charge in [-0.25, -0.2) is 0 Å². The Bertz CT molecular complexity index is 255. The van der Waals surface area contributed by atoms with Gasteiger partial charge in [0.05, 0.1) is 10.4 Å². The number of rotatable bonds is 4. The summed E-state index contributed by atoms with van der Waals surface area (Å²) in [6.07, 6.45) is 0. The van der Waals surface area contributed by atoms with E-state index in [1.165, 1.54) is 14.2 Å². The molecule has 0 bridgehead atoms. The maximum atomic E-state index is 8.80. The van der Waals surface area contributed by atoms with Crippen LogP contribution in [0, 0.1) is 6.92 Å². The first kappa shape index (κ1) is 11.2. The Labute approximate surface area is 91.1 Å². The fraction of sp³-hybridized carbons (Fsp3) is 0.556. The lowest BCUT2D eigenvalue weighted by atomic mass is 10.3. The Kier molecular flexibility index (Phi) is 4.38. The normalized spacial score (nSPS) is 13.2. The number of thiophene rings is 1. The van der Waals surface area contributed by atoms with Crippen LogP contribution in [0.25, 0.3) is 0 Å². The van der Waals surface area contributed by atoms with Crippen LogP contribution in [0.5, 0.6) is 0 Å². The second-order valence-electron chi connectivity index (χ2n) is 3.13. The van der Waals surface area contributed by atoms with E-state index in [1.54, 1.807) is 11.3 Å². The second kappa shape index (κ2) is 5.10. The number of nitrogens with one attached hydrogen (secondary N) is 1. The summed E-state index contributed by atoms with van der Waals surface area (Å²) in [5.41, 5.74) is 1.28. The highest BCUT2D eigenvalue weighted by Gasteiger charge is 2.04. The average Bonchev–Trinajstić information content (AvgIpc) is 2.42. The van der Waals surface area contributed by atoms with E-state index in [4.69, 9.17) is 5.11 Å². The molecule has 1 atom stereocenters. The van der Waals surface area contributed by atoms with Crippen molar-refractivity contribution in [2.24, 2.45) is 0 Å². The van der Waals surface area contributed by atoms with Gasteiger partial charge in [0.1, 0.15) is 0 Å². The number of aryl methyl sites for hydroxylation is 1. The third-order valence-corrected chi connectivity index (χ3v) is 3.94. The van der Waals surface area contributed by atoms with Crippen LogP contribution >= 0.6 is 27.3 Å². The minimum absolute atomic E-state index is 0.168. The lowest BCUT2D eigenvalue weighted by Gasteiger charge is -2.08. The van der Waals surface area contributed by atoms with Gasteiger partial charge in [0.25, 0.3) is 0 Å². The molecule has 13 heavy (non-hydrogen) atoms. The molecule has 0 saturated heterocycles. The van der Waals surface area contributed by atoms with Crippen molar-refractivity contribution in [1.29, 1.82) is 0 Å². The van der Waals surface area contributed by atoms with E-state index in [9.17, 15) is 0 Å². The third kappa shape index (κ3) is 3.38. The monoisotopic (exact) mass is 263 g/mol. The second-order valence-corrected chi connectivity index (χ2v) is 5.59. The van der Waals surface area contributed by atoms with Gasteiger partial charge in [0.2, 0.25) is 0 Å². The molecular weight excluding hydrogens is 250 g/mol. The topological polar surface area (TPSA) is 32.3 Å². The Balaban J connectivity index is 2.45. The number of hydrogen-bond acceptors (Lipinski definition) is 3. The molecule has 0 aliphatic rings. The zero-order chi connectivity index (χ0) is 9.84. The first-order chi connectivity index (χ1) is 6.13. The van der Waals surface area contributed by atoms with Crippen LogP contribution in [0.2, 0.25) is 0 Å². The molecule has 2 N–H and O–H groups in total. The van der Waals surface area contributed by atoms with E-state index < -0.39 is 0 Å². The van der Waals surface area contributed by atoms with Crippen molar-refractivity contribution >= 4 is 27.3 Å². The van der Waals surface area contributed by atoms with E-state index in [-0.39, 0.29) is 12.6 Å². The predicted octanol–water partition coefficient (Wildman–Crippen LogP) is 2.29. The highest BCUT2D eigenvalue weighted by molar-refractivity contribution is 9.11. The SMILES string of the molecule is Cc1cc(CN[C@@H](C)CO)sc1Br. The summed E-state index contributed by atoms with van der Waals surface area (Å²) in [7, 11) is 0. The van der Waals surface area contributed by atoms with Gasteiger partial charge in [0, 0.05) is 17.5 Å². The highest BCUT2D eigenvalue weighted by atomic mass is 79.9. The zero-order valence-corrected chi connectivity index (χ0v) is 10.2. The van der Waals surface area contributed by atoms with Gasteiger partial charge in [-0.05, 0) is 41.4 Å². The molecule has 0 radical (unpaired) electrons. The van der Waals surface area contributed by atoms with Gasteiger partial charge in [-0.3, -0.25) is 0 Å². The molecule has 0 aromatic carbocycles. The molecule has 0 unspecified atom stereocenters. The molecule has 0 aliphatic heterocycles. The summed E-state index contributed by atoms with van der Waals surface area (Å²) in [6, 6.07) is 2.33. The first-order valence-electron chi connectivity index (χ1n) is 4.22. The maximum absolute atomic E-state index is 8.80. The van der Waals surface area contributed by atoms with Crippen LogP contribution in [-0.2, 0) is 6.54 Å². The van der Waals surface area contributed by atoms with Crippen LogP contribution in [0.4, 0.5) is 0 Å². The van der Waals surface area contributed by atoms with E-state index in [0.29, 0.717) is 0 Å². The van der Waals surface area contributed by atoms with Gasteiger partial charge in [-0.15, -0.1) is 11.3 Å². The number of hydrogen-bond donors (Lipinski definition) is 2. The Hall–Kier alpha value is 0.100. The number of aliphatic hydroxyl groups excluding tert-OH is 1. The van der Waals surface area contributed by atoms with Crippen molar-refractivity contribution in [3.8, 4) is 0 Å². The molecule has 2 nitrogen and oxygen atoms in total. The summed E-state index contributed by atoms with van der Waals surface area (Å²) < 4.78 is 1.20. The summed E-state index contributed by atoms with van der Waals surface area (Å²) in [6.45, 7) is 5.07. The molecule has 0 amide bonds. The van der Waals surface area contributed by atoms with Crippen molar-refractivity contribution in [1.82, 2.24) is 5.32 Å². The standard InChI is InChI=1S/C9H14BrNOS/c1-6-3-8(13-9(6)10)4-11-7(2)5-12/h3,7,11-12H,4-5H2,1-2H3/t7-/m0/s1. The molecule has 1 aromatic heterocycles. The van der Waals surface area contributed by atoms with Crippen LogP contribution in [0.1, 0.15) is 17.4 Å². The Morgan fingerprint density at radius 1 is 1.69 bits per heavy atom. The van der Waals surface area contributed by atoms with E-state index >= 15 is 0 Å². The molecule has 0 fully saturated rings.